The van der Waals surface area contributed by atoms with Crippen LogP contribution < -0.4 is 5.32 Å². The minimum atomic E-state index is -1.12. The van der Waals surface area contributed by atoms with Crippen molar-refractivity contribution in [2.24, 2.45) is 0 Å². The Kier molecular flexibility index (Phi) is 4.31. The topological polar surface area (TPSA) is 123 Å². The predicted molar refractivity (Wildman–Crippen MR) is 70.8 cm³/mol. The number of nitrogens with one attached hydrogen (secondary N) is 1. The molecule has 0 atom stereocenters. The van der Waals surface area contributed by atoms with Crippen molar-refractivity contribution in [3.05, 3.63) is 23.2 Å². The molecule has 0 aliphatic heterocycles. The van der Waals surface area contributed by atoms with Crippen LogP contribution in [0.3, 0.4) is 0 Å². The molecule has 0 aromatic carbocycles. The van der Waals surface area contributed by atoms with E-state index in [1.165, 1.54) is 4.68 Å². The number of carbonyl (C=O) groups excluding carboxylic acids is 1. The van der Waals surface area contributed by atoms with Crippen LogP contribution in [0.2, 0.25) is 0 Å². The summed E-state index contributed by atoms with van der Waals surface area (Å²) in [7, 11) is 0. The Bertz CT molecular complexity index is 660. The number of carboxylic acid groups (broad SMARTS) is 1. The zero-order chi connectivity index (χ0) is 15.4. The summed E-state index contributed by atoms with van der Waals surface area (Å²) in [6, 6.07) is 1.60. The van der Waals surface area contributed by atoms with E-state index in [1.807, 2.05) is 0 Å². The van der Waals surface area contributed by atoms with Crippen LogP contribution in [0.15, 0.2) is 10.6 Å². The molecule has 112 valence electrons. The van der Waals surface area contributed by atoms with Gasteiger partial charge in [0.05, 0.1) is 12.2 Å². The molecule has 0 aliphatic carbocycles. The average molecular weight is 293 g/mol. The first kappa shape index (κ1) is 14.7. The van der Waals surface area contributed by atoms with Crippen LogP contribution in [0.5, 0.6) is 0 Å². The van der Waals surface area contributed by atoms with Crippen LogP contribution in [-0.4, -0.2) is 37.1 Å². The van der Waals surface area contributed by atoms with E-state index in [0.717, 1.165) is 0 Å². The molecule has 9 heteroatoms. The Balaban J connectivity index is 1.96. The summed E-state index contributed by atoms with van der Waals surface area (Å²) >= 11 is 0. The van der Waals surface area contributed by atoms with Gasteiger partial charge < -0.3 is 14.9 Å². The zero-order valence-electron chi connectivity index (χ0n) is 11.7. The Hall–Kier alpha value is -2.71. The lowest BCUT2D eigenvalue weighted by Crippen LogP contribution is -2.16. The van der Waals surface area contributed by atoms with Crippen LogP contribution in [0.1, 0.15) is 35.3 Å². The Labute approximate surface area is 119 Å². The molecule has 0 saturated heterocycles. The number of hydrogen-bond donors (Lipinski definition) is 2. The van der Waals surface area contributed by atoms with Crippen molar-refractivity contribution in [1.29, 1.82) is 0 Å². The van der Waals surface area contributed by atoms with Crippen LogP contribution in [0, 0.1) is 6.92 Å². The predicted octanol–water partition coefficient (Wildman–Crippen LogP) is 0.864. The number of aromatic carboxylic acids is 1. The van der Waals surface area contributed by atoms with Gasteiger partial charge in [-0.05, 0) is 13.3 Å². The van der Waals surface area contributed by atoms with Gasteiger partial charge in [0.15, 0.2) is 11.5 Å². The van der Waals surface area contributed by atoms with E-state index >= 15 is 0 Å². The van der Waals surface area contributed by atoms with Crippen molar-refractivity contribution in [2.75, 3.05) is 5.32 Å². The van der Waals surface area contributed by atoms with Crippen molar-refractivity contribution in [3.8, 4) is 0 Å². The van der Waals surface area contributed by atoms with Gasteiger partial charge in [-0.1, -0.05) is 17.3 Å². The molecule has 0 aliphatic rings. The molecule has 0 radical (unpaired) electrons. The molecule has 2 aromatic heterocycles. The highest BCUT2D eigenvalue weighted by Gasteiger charge is 2.17. The van der Waals surface area contributed by atoms with Gasteiger partial charge in [-0.25, -0.2) is 9.48 Å². The molecule has 9 nitrogen and oxygen atoms in total. The lowest BCUT2D eigenvalue weighted by Gasteiger charge is -2.05. The Morgan fingerprint density at radius 3 is 2.81 bits per heavy atom. The van der Waals surface area contributed by atoms with E-state index in [9.17, 15) is 9.59 Å². The normalized spacial score (nSPS) is 10.6. The number of aromatic nitrogens is 4. The number of carboxylic acids is 1. The number of anilines is 1. The van der Waals surface area contributed by atoms with Gasteiger partial charge in [0, 0.05) is 12.5 Å². The highest BCUT2D eigenvalue weighted by atomic mass is 16.5. The highest BCUT2D eigenvalue weighted by molar-refractivity contribution is 5.89. The number of amides is 1. The average Bonchev–Trinajstić information content (AvgIpc) is 3.02. The molecule has 2 N–H and O–H groups in total. The van der Waals surface area contributed by atoms with Gasteiger partial charge in [0.2, 0.25) is 5.91 Å². The van der Waals surface area contributed by atoms with Crippen molar-refractivity contribution < 1.29 is 19.2 Å². The van der Waals surface area contributed by atoms with Gasteiger partial charge in [0.1, 0.15) is 5.76 Å². The molecule has 2 aromatic rings. The third-order valence-electron chi connectivity index (χ3n) is 2.82. The first-order valence-electron chi connectivity index (χ1n) is 6.40. The van der Waals surface area contributed by atoms with Crippen LogP contribution in [0.4, 0.5) is 5.82 Å². The molecule has 0 saturated carbocycles. The highest BCUT2D eigenvalue weighted by Crippen LogP contribution is 2.09. The summed E-state index contributed by atoms with van der Waals surface area (Å²) in [5.74, 6) is -0.447. The maximum atomic E-state index is 11.8. The summed E-state index contributed by atoms with van der Waals surface area (Å²) in [6.45, 7) is 3.77. The van der Waals surface area contributed by atoms with E-state index in [-0.39, 0.29) is 24.6 Å². The molecule has 2 rings (SSSR count). The Morgan fingerprint density at radius 1 is 1.48 bits per heavy atom. The summed E-state index contributed by atoms with van der Waals surface area (Å²) in [4.78, 5) is 22.7. The quantitative estimate of drug-likeness (QED) is 0.809. The summed E-state index contributed by atoms with van der Waals surface area (Å²) in [5, 5.41) is 22.6. The zero-order valence-corrected chi connectivity index (χ0v) is 11.7. The SMILES string of the molecule is CCc1c(C(=O)O)nnn1CCC(=O)Nc1cc(C)on1. The third-order valence-corrected chi connectivity index (χ3v) is 2.82. The van der Waals surface area contributed by atoms with Crippen LogP contribution in [-0.2, 0) is 17.8 Å². The standard InChI is InChI=1S/C12H15N5O4/c1-3-8-11(12(19)20)14-16-17(8)5-4-10(18)13-9-6-7(2)21-15-9/h6H,3-5H2,1-2H3,(H,19,20)(H,13,15,18). The number of carbonyl (C=O) groups is 2. The third kappa shape index (κ3) is 3.44. The fourth-order valence-electron chi connectivity index (χ4n) is 1.87. The van der Waals surface area contributed by atoms with E-state index in [1.54, 1.807) is 19.9 Å². The number of aryl methyl sites for hydroxylation is 2. The van der Waals surface area contributed by atoms with Crippen LogP contribution >= 0.6 is 0 Å². The van der Waals surface area contributed by atoms with Crippen molar-refractivity contribution >= 4 is 17.7 Å². The van der Waals surface area contributed by atoms with Gasteiger partial charge in [0.25, 0.3) is 0 Å². The molecule has 0 fully saturated rings. The van der Waals surface area contributed by atoms with E-state index in [0.29, 0.717) is 23.7 Å². The second-order valence-corrected chi connectivity index (χ2v) is 4.39. The lowest BCUT2D eigenvalue weighted by molar-refractivity contribution is -0.116. The van der Waals surface area contributed by atoms with E-state index in [2.05, 4.69) is 20.8 Å². The largest absolute Gasteiger partial charge is 0.476 e. The minimum Gasteiger partial charge on any atom is -0.476 e. The molecular weight excluding hydrogens is 278 g/mol. The molecule has 0 bridgehead atoms. The first-order chi connectivity index (χ1) is 10.0. The van der Waals surface area contributed by atoms with Gasteiger partial charge in [-0.3, -0.25) is 4.79 Å². The summed E-state index contributed by atoms with van der Waals surface area (Å²) in [6.07, 6.45) is 0.597. The fourth-order valence-corrected chi connectivity index (χ4v) is 1.87. The monoisotopic (exact) mass is 293 g/mol. The molecule has 1 amide bonds. The number of nitrogens with zero attached hydrogens (tertiary/aromatic N) is 4. The lowest BCUT2D eigenvalue weighted by atomic mass is 10.2. The van der Waals surface area contributed by atoms with Crippen molar-refractivity contribution in [2.45, 2.75) is 33.2 Å². The second kappa shape index (κ2) is 6.16. The first-order valence-corrected chi connectivity index (χ1v) is 6.40. The summed E-state index contributed by atoms with van der Waals surface area (Å²) in [5.41, 5.74) is 0.414. The molecule has 0 spiro atoms. The molecule has 21 heavy (non-hydrogen) atoms. The van der Waals surface area contributed by atoms with Crippen molar-refractivity contribution in [3.63, 3.8) is 0 Å². The minimum absolute atomic E-state index is 0.0787. The molecule has 0 unspecified atom stereocenters. The number of hydrogen-bond acceptors (Lipinski definition) is 6. The molecular formula is C12H15N5O4. The molecule has 2 heterocycles. The van der Waals surface area contributed by atoms with Gasteiger partial charge in [-0.15, -0.1) is 5.10 Å². The fraction of sp³-hybridized carbons (Fsp3) is 0.417. The van der Waals surface area contributed by atoms with Crippen molar-refractivity contribution in [1.82, 2.24) is 20.2 Å². The van der Waals surface area contributed by atoms with E-state index < -0.39 is 5.97 Å². The second-order valence-electron chi connectivity index (χ2n) is 4.39. The maximum absolute atomic E-state index is 11.8. The van der Waals surface area contributed by atoms with E-state index in [4.69, 9.17) is 9.63 Å². The maximum Gasteiger partial charge on any atom is 0.358 e. The van der Waals surface area contributed by atoms with Crippen LogP contribution in [0.25, 0.3) is 0 Å². The summed E-state index contributed by atoms with van der Waals surface area (Å²) < 4.78 is 6.26. The van der Waals surface area contributed by atoms with Gasteiger partial charge in [-0.2, -0.15) is 0 Å². The Morgan fingerprint density at radius 2 is 2.24 bits per heavy atom. The smallest absolute Gasteiger partial charge is 0.358 e. The number of rotatable bonds is 6. The van der Waals surface area contributed by atoms with Gasteiger partial charge >= 0.3 is 5.97 Å².